The maximum atomic E-state index is 12.5. The fraction of sp³-hybridized carbons (Fsp3) is 0.500. The Morgan fingerprint density at radius 2 is 2.14 bits per heavy atom. The number of rotatable bonds is 8. The highest BCUT2D eigenvalue weighted by Gasteiger charge is 2.27. The molecule has 0 radical (unpaired) electrons. The van der Waals surface area contributed by atoms with Crippen LogP contribution in [0.4, 0.5) is 5.82 Å². The number of hydrogen-bond acceptors (Lipinski definition) is 7. The standard InChI is InChI=1S/C12H19N3O5S/c1-3-20-12(16)9-15(6-7-19-2)21(17,18)10-4-5-11(13)14-8-10/h4-5,8H,3,6-7,9H2,1-2H3,(H2,13,14). The Bertz CT molecular complexity index is 559. The summed E-state index contributed by atoms with van der Waals surface area (Å²) in [5.41, 5.74) is 5.43. The molecule has 0 aliphatic rings. The van der Waals surface area contributed by atoms with Crippen molar-refractivity contribution in [3.63, 3.8) is 0 Å². The molecule has 1 rings (SSSR count). The molecule has 1 aromatic heterocycles. The van der Waals surface area contributed by atoms with Crippen LogP contribution in [0.25, 0.3) is 0 Å². The molecule has 0 saturated carbocycles. The molecule has 1 aromatic rings. The van der Waals surface area contributed by atoms with Crippen LogP contribution in [-0.2, 0) is 24.3 Å². The third-order valence-corrected chi connectivity index (χ3v) is 4.38. The molecule has 1 heterocycles. The van der Waals surface area contributed by atoms with Crippen LogP contribution in [0.1, 0.15) is 6.92 Å². The van der Waals surface area contributed by atoms with Crippen LogP contribution in [0.3, 0.4) is 0 Å². The van der Waals surface area contributed by atoms with E-state index in [1.807, 2.05) is 0 Å². The SMILES string of the molecule is CCOC(=O)CN(CCOC)S(=O)(=O)c1ccc(N)nc1. The van der Waals surface area contributed by atoms with Gasteiger partial charge < -0.3 is 15.2 Å². The second kappa shape index (κ2) is 7.91. The average Bonchev–Trinajstić information content (AvgIpc) is 2.44. The summed E-state index contributed by atoms with van der Waals surface area (Å²) in [5, 5.41) is 0. The Morgan fingerprint density at radius 1 is 1.43 bits per heavy atom. The predicted octanol–water partition coefficient (Wildman–Crippen LogP) is -0.136. The summed E-state index contributed by atoms with van der Waals surface area (Å²) in [4.78, 5) is 15.2. The number of nitrogens with zero attached hydrogens (tertiary/aromatic N) is 2. The van der Waals surface area contributed by atoms with E-state index in [0.717, 1.165) is 10.5 Å². The Labute approximate surface area is 123 Å². The van der Waals surface area contributed by atoms with E-state index in [2.05, 4.69) is 4.98 Å². The van der Waals surface area contributed by atoms with Crippen molar-refractivity contribution in [3.05, 3.63) is 18.3 Å². The second-order valence-corrected chi connectivity index (χ2v) is 5.99. The van der Waals surface area contributed by atoms with Crippen LogP contribution in [-0.4, -0.2) is 57.1 Å². The summed E-state index contributed by atoms with van der Waals surface area (Å²) in [6.45, 7) is 1.63. The van der Waals surface area contributed by atoms with Crippen LogP contribution in [0.15, 0.2) is 23.2 Å². The number of methoxy groups -OCH3 is 1. The molecule has 0 aliphatic heterocycles. The number of carbonyl (C=O) groups is 1. The molecule has 0 bridgehead atoms. The number of ether oxygens (including phenoxy) is 2. The Morgan fingerprint density at radius 3 is 2.67 bits per heavy atom. The monoisotopic (exact) mass is 317 g/mol. The first-order valence-electron chi connectivity index (χ1n) is 6.28. The van der Waals surface area contributed by atoms with Crippen LogP contribution in [0.5, 0.6) is 0 Å². The van der Waals surface area contributed by atoms with Crippen LogP contribution >= 0.6 is 0 Å². The molecule has 118 valence electrons. The molecule has 0 fully saturated rings. The van der Waals surface area contributed by atoms with Crippen LogP contribution < -0.4 is 5.73 Å². The first kappa shape index (κ1) is 17.3. The average molecular weight is 317 g/mol. The van der Waals surface area contributed by atoms with Crippen molar-refractivity contribution in [3.8, 4) is 0 Å². The van der Waals surface area contributed by atoms with Crippen molar-refractivity contribution < 1.29 is 22.7 Å². The molecule has 2 N–H and O–H groups in total. The maximum absolute atomic E-state index is 12.5. The van der Waals surface area contributed by atoms with E-state index >= 15 is 0 Å². The number of hydrogen-bond donors (Lipinski definition) is 1. The highest BCUT2D eigenvalue weighted by molar-refractivity contribution is 7.89. The zero-order chi connectivity index (χ0) is 15.9. The molecule has 0 spiro atoms. The van der Waals surface area contributed by atoms with Gasteiger partial charge in [-0.25, -0.2) is 13.4 Å². The van der Waals surface area contributed by atoms with Gasteiger partial charge in [-0.3, -0.25) is 4.79 Å². The topological polar surface area (TPSA) is 112 Å². The summed E-state index contributed by atoms with van der Waals surface area (Å²) >= 11 is 0. The van der Waals surface area contributed by atoms with Gasteiger partial charge in [0.15, 0.2) is 0 Å². The lowest BCUT2D eigenvalue weighted by atomic mass is 10.5. The maximum Gasteiger partial charge on any atom is 0.321 e. The Hall–Kier alpha value is -1.71. The van der Waals surface area contributed by atoms with Crippen molar-refractivity contribution in [2.75, 3.05) is 39.1 Å². The summed E-state index contributed by atoms with van der Waals surface area (Å²) in [7, 11) is -2.42. The van der Waals surface area contributed by atoms with E-state index in [0.29, 0.717) is 0 Å². The van der Waals surface area contributed by atoms with Gasteiger partial charge in [0.2, 0.25) is 10.0 Å². The number of esters is 1. The highest BCUT2D eigenvalue weighted by atomic mass is 32.2. The zero-order valence-electron chi connectivity index (χ0n) is 12.0. The molecule has 0 aromatic carbocycles. The number of sulfonamides is 1. The van der Waals surface area contributed by atoms with E-state index < -0.39 is 16.0 Å². The summed E-state index contributed by atoms with van der Waals surface area (Å²) in [6, 6.07) is 2.72. The van der Waals surface area contributed by atoms with Crippen molar-refractivity contribution in [1.82, 2.24) is 9.29 Å². The van der Waals surface area contributed by atoms with Gasteiger partial charge in [0.25, 0.3) is 0 Å². The molecule has 0 atom stereocenters. The van der Waals surface area contributed by atoms with E-state index in [9.17, 15) is 13.2 Å². The van der Waals surface area contributed by atoms with Crippen molar-refractivity contribution in [2.45, 2.75) is 11.8 Å². The summed E-state index contributed by atoms with van der Waals surface area (Å²) in [6.07, 6.45) is 1.15. The van der Waals surface area contributed by atoms with Crippen molar-refractivity contribution in [1.29, 1.82) is 0 Å². The van der Waals surface area contributed by atoms with Gasteiger partial charge in [0.05, 0.1) is 13.2 Å². The highest BCUT2D eigenvalue weighted by Crippen LogP contribution is 2.15. The third kappa shape index (κ3) is 4.96. The Balaban J connectivity index is 2.99. The number of aromatic nitrogens is 1. The minimum atomic E-state index is -3.87. The van der Waals surface area contributed by atoms with Gasteiger partial charge in [-0.2, -0.15) is 4.31 Å². The molecule has 0 saturated heterocycles. The number of carbonyl (C=O) groups excluding carboxylic acids is 1. The normalized spacial score (nSPS) is 11.6. The molecule has 0 aliphatic carbocycles. The van der Waals surface area contributed by atoms with Gasteiger partial charge in [-0.05, 0) is 19.1 Å². The van der Waals surface area contributed by atoms with Crippen molar-refractivity contribution in [2.24, 2.45) is 0 Å². The lowest BCUT2D eigenvalue weighted by Crippen LogP contribution is -2.38. The quantitative estimate of drug-likeness (QED) is 0.664. The van der Waals surface area contributed by atoms with E-state index in [1.165, 1.54) is 19.2 Å². The van der Waals surface area contributed by atoms with Gasteiger partial charge in [0, 0.05) is 19.9 Å². The van der Waals surface area contributed by atoms with E-state index in [-0.39, 0.29) is 37.0 Å². The van der Waals surface area contributed by atoms with E-state index in [1.54, 1.807) is 6.92 Å². The Kier molecular flexibility index (Phi) is 6.53. The number of pyridine rings is 1. The molecule has 0 amide bonds. The molecular formula is C12H19N3O5S. The summed E-state index contributed by atoms with van der Waals surface area (Å²) in [5.74, 6) is -0.414. The predicted molar refractivity (Wildman–Crippen MR) is 75.9 cm³/mol. The molecule has 0 unspecified atom stereocenters. The molecule has 21 heavy (non-hydrogen) atoms. The first-order valence-corrected chi connectivity index (χ1v) is 7.72. The smallest absolute Gasteiger partial charge is 0.321 e. The molecular weight excluding hydrogens is 298 g/mol. The summed E-state index contributed by atoms with van der Waals surface area (Å²) < 4.78 is 35.6. The van der Waals surface area contributed by atoms with Gasteiger partial charge >= 0.3 is 5.97 Å². The van der Waals surface area contributed by atoms with Crippen LogP contribution in [0, 0.1) is 0 Å². The first-order chi connectivity index (χ1) is 9.91. The van der Waals surface area contributed by atoms with Gasteiger partial charge in [-0.1, -0.05) is 0 Å². The van der Waals surface area contributed by atoms with Gasteiger partial charge in [0.1, 0.15) is 17.3 Å². The number of anilines is 1. The third-order valence-electron chi connectivity index (χ3n) is 2.55. The number of nitrogens with two attached hydrogens (primary N) is 1. The lowest BCUT2D eigenvalue weighted by Gasteiger charge is -2.20. The minimum absolute atomic E-state index is 0.0298. The zero-order valence-corrected chi connectivity index (χ0v) is 12.8. The number of nitrogen functional groups attached to an aromatic ring is 1. The van der Waals surface area contributed by atoms with Crippen molar-refractivity contribution >= 4 is 21.8 Å². The minimum Gasteiger partial charge on any atom is -0.465 e. The largest absolute Gasteiger partial charge is 0.465 e. The molecule has 8 nitrogen and oxygen atoms in total. The fourth-order valence-corrected chi connectivity index (χ4v) is 2.84. The van der Waals surface area contributed by atoms with Gasteiger partial charge in [-0.15, -0.1) is 0 Å². The van der Waals surface area contributed by atoms with Crippen LogP contribution in [0.2, 0.25) is 0 Å². The second-order valence-electron chi connectivity index (χ2n) is 4.06. The molecule has 9 heteroatoms. The lowest BCUT2D eigenvalue weighted by molar-refractivity contribution is -0.143. The fourth-order valence-electron chi connectivity index (χ4n) is 1.52. The van der Waals surface area contributed by atoms with E-state index in [4.69, 9.17) is 15.2 Å².